The van der Waals surface area contributed by atoms with Crippen LogP contribution in [0, 0.1) is 6.92 Å². The summed E-state index contributed by atoms with van der Waals surface area (Å²) in [5.41, 5.74) is 2.43. The molecule has 0 radical (unpaired) electrons. The standard InChI is InChI=1S/C8H7NO3S/c1-5-7(13-4-9-5)3-2-6(10)8(11)12/h2-4H,1H3,(H,11,12)/b3-2+. The van der Waals surface area contributed by atoms with Crippen LogP contribution in [0.25, 0.3) is 6.08 Å². The zero-order valence-electron chi connectivity index (χ0n) is 6.85. The minimum Gasteiger partial charge on any atom is -0.475 e. The maximum absolute atomic E-state index is 10.6. The second-order valence-electron chi connectivity index (χ2n) is 2.30. The number of aromatic nitrogens is 1. The fourth-order valence-corrected chi connectivity index (χ4v) is 1.39. The molecule has 0 fully saturated rings. The lowest BCUT2D eigenvalue weighted by molar-refractivity contribution is -0.146. The monoisotopic (exact) mass is 197 g/mol. The molecule has 1 rings (SSSR count). The van der Waals surface area contributed by atoms with Crippen molar-refractivity contribution in [3.05, 3.63) is 22.2 Å². The molecule has 0 bridgehead atoms. The van der Waals surface area contributed by atoms with Gasteiger partial charge in [-0.1, -0.05) is 0 Å². The number of hydrogen-bond donors (Lipinski definition) is 1. The van der Waals surface area contributed by atoms with Crippen LogP contribution in [0.15, 0.2) is 11.6 Å². The third kappa shape index (κ3) is 2.48. The maximum Gasteiger partial charge on any atom is 0.376 e. The summed E-state index contributed by atoms with van der Waals surface area (Å²) < 4.78 is 0. The van der Waals surface area contributed by atoms with Crippen molar-refractivity contribution in [3.63, 3.8) is 0 Å². The van der Waals surface area contributed by atoms with Gasteiger partial charge in [0.1, 0.15) is 0 Å². The van der Waals surface area contributed by atoms with Crippen molar-refractivity contribution in [2.75, 3.05) is 0 Å². The Bertz CT molecular complexity index is 367. The molecule has 0 spiro atoms. The quantitative estimate of drug-likeness (QED) is 0.582. The molecular weight excluding hydrogens is 190 g/mol. The van der Waals surface area contributed by atoms with Gasteiger partial charge in [-0.25, -0.2) is 9.78 Å². The summed E-state index contributed by atoms with van der Waals surface area (Å²) in [5, 5.41) is 8.27. The average molecular weight is 197 g/mol. The first kappa shape index (κ1) is 9.60. The van der Waals surface area contributed by atoms with Crippen LogP contribution in [0.5, 0.6) is 0 Å². The lowest BCUT2D eigenvalue weighted by Gasteiger charge is -1.86. The topological polar surface area (TPSA) is 67.3 Å². The summed E-state index contributed by atoms with van der Waals surface area (Å²) in [6.07, 6.45) is 2.49. The molecule has 1 aromatic rings. The maximum atomic E-state index is 10.6. The molecule has 68 valence electrons. The van der Waals surface area contributed by atoms with E-state index in [4.69, 9.17) is 5.11 Å². The Kier molecular flexibility index (Phi) is 2.92. The molecule has 0 amide bonds. The highest BCUT2D eigenvalue weighted by Crippen LogP contribution is 2.13. The molecule has 13 heavy (non-hydrogen) atoms. The minimum atomic E-state index is -1.45. The molecule has 0 aliphatic carbocycles. The van der Waals surface area contributed by atoms with E-state index in [0.717, 1.165) is 16.6 Å². The van der Waals surface area contributed by atoms with Crippen LogP contribution in [0.1, 0.15) is 10.6 Å². The van der Waals surface area contributed by atoms with Crippen molar-refractivity contribution in [2.24, 2.45) is 0 Å². The zero-order valence-corrected chi connectivity index (χ0v) is 7.67. The molecule has 0 atom stereocenters. The number of carboxylic acid groups (broad SMARTS) is 1. The fraction of sp³-hybridized carbons (Fsp3) is 0.125. The molecule has 1 aromatic heterocycles. The molecule has 4 nitrogen and oxygen atoms in total. The lowest BCUT2D eigenvalue weighted by Crippen LogP contribution is -2.08. The van der Waals surface area contributed by atoms with Crippen molar-refractivity contribution in [3.8, 4) is 0 Å². The number of carbonyl (C=O) groups is 2. The highest BCUT2D eigenvalue weighted by molar-refractivity contribution is 7.10. The molecule has 0 aromatic carbocycles. The van der Waals surface area contributed by atoms with E-state index in [0.29, 0.717) is 0 Å². The molecule has 1 N–H and O–H groups in total. The predicted molar refractivity (Wildman–Crippen MR) is 48.5 cm³/mol. The first-order valence-corrected chi connectivity index (χ1v) is 4.34. The van der Waals surface area contributed by atoms with Crippen LogP contribution in [-0.4, -0.2) is 21.8 Å². The lowest BCUT2D eigenvalue weighted by atomic mass is 10.3. The highest BCUT2D eigenvalue weighted by Gasteiger charge is 2.06. The van der Waals surface area contributed by atoms with Gasteiger partial charge in [0, 0.05) is 4.88 Å². The van der Waals surface area contributed by atoms with E-state index in [1.807, 2.05) is 0 Å². The minimum absolute atomic E-state index is 0.791. The van der Waals surface area contributed by atoms with Crippen LogP contribution in [-0.2, 0) is 9.59 Å². The normalized spacial score (nSPS) is 10.5. The van der Waals surface area contributed by atoms with Gasteiger partial charge in [0.15, 0.2) is 0 Å². The Morgan fingerprint density at radius 2 is 2.31 bits per heavy atom. The molecule has 0 aliphatic heterocycles. The number of nitrogens with zero attached hydrogens (tertiary/aromatic N) is 1. The zero-order chi connectivity index (χ0) is 9.84. The smallest absolute Gasteiger partial charge is 0.376 e. The number of thiazole rings is 1. The number of rotatable bonds is 3. The Morgan fingerprint density at radius 1 is 1.62 bits per heavy atom. The van der Waals surface area contributed by atoms with Gasteiger partial charge >= 0.3 is 5.97 Å². The van der Waals surface area contributed by atoms with Crippen molar-refractivity contribution >= 4 is 29.2 Å². The number of carbonyl (C=O) groups excluding carboxylic acids is 1. The van der Waals surface area contributed by atoms with E-state index >= 15 is 0 Å². The van der Waals surface area contributed by atoms with E-state index in [1.54, 1.807) is 12.4 Å². The summed E-state index contributed by atoms with van der Waals surface area (Å²) in [4.78, 5) is 25.5. The predicted octanol–water partition coefficient (Wildman–Crippen LogP) is 1.12. The summed E-state index contributed by atoms with van der Waals surface area (Å²) in [7, 11) is 0. The van der Waals surface area contributed by atoms with Crippen LogP contribution >= 0.6 is 11.3 Å². The van der Waals surface area contributed by atoms with Crippen molar-refractivity contribution < 1.29 is 14.7 Å². The number of carboxylic acids is 1. The molecule has 5 heteroatoms. The van der Waals surface area contributed by atoms with Crippen molar-refractivity contribution in [1.82, 2.24) is 4.98 Å². The number of hydrogen-bond acceptors (Lipinski definition) is 4. The SMILES string of the molecule is Cc1ncsc1/C=C/C(=O)C(=O)O. The van der Waals surface area contributed by atoms with E-state index < -0.39 is 11.8 Å². The number of aliphatic carboxylic acids is 1. The molecule has 0 aliphatic rings. The summed E-state index contributed by atoms with van der Waals surface area (Å²) in [5.74, 6) is -2.37. The van der Waals surface area contributed by atoms with Crippen molar-refractivity contribution in [1.29, 1.82) is 0 Å². The second-order valence-corrected chi connectivity index (χ2v) is 3.19. The molecule has 0 saturated carbocycles. The van der Waals surface area contributed by atoms with Crippen LogP contribution in [0.2, 0.25) is 0 Å². The van der Waals surface area contributed by atoms with Gasteiger partial charge in [-0.05, 0) is 19.1 Å². The van der Waals surface area contributed by atoms with E-state index in [2.05, 4.69) is 4.98 Å². The van der Waals surface area contributed by atoms with E-state index in [-0.39, 0.29) is 0 Å². The molecule has 1 heterocycles. The Morgan fingerprint density at radius 3 is 2.77 bits per heavy atom. The Labute approximate surface area is 78.5 Å². The fourth-order valence-electron chi connectivity index (χ4n) is 0.694. The third-order valence-corrected chi connectivity index (χ3v) is 2.28. The molecule has 0 saturated heterocycles. The number of ketones is 1. The van der Waals surface area contributed by atoms with Gasteiger partial charge in [0.25, 0.3) is 5.78 Å². The van der Waals surface area contributed by atoms with Crippen molar-refractivity contribution in [2.45, 2.75) is 6.92 Å². The summed E-state index contributed by atoms with van der Waals surface area (Å²) in [6.45, 7) is 1.79. The van der Waals surface area contributed by atoms with Gasteiger partial charge in [-0.15, -0.1) is 11.3 Å². The van der Waals surface area contributed by atoms with Crippen LogP contribution in [0.3, 0.4) is 0 Å². The first-order chi connectivity index (χ1) is 6.11. The van der Waals surface area contributed by atoms with Gasteiger partial charge in [0.2, 0.25) is 0 Å². The largest absolute Gasteiger partial charge is 0.475 e. The van der Waals surface area contributed by atoms with Gasteiger partial charge in [-0.3, -0.25) is 4.79 Å². The number of aryl methyl sites for hydroxylation is 1. The van der Waals surface area contributed by atoms with E-state index in [9.17, 15) is 9.59 Å². The van der Waals surface area contributed by atoms with Gasteiger partial charge in [0.05, 0.1) is 11.2 Å². The summed E-state index contributed by atoms with van der Waals surface area (Å²) in [6, 6.07) is 0. The summed E-state index contributed by atoms with van der Waals surface area (Å²) >= 11 is 1.36. The van der Waals surface area contributed by atoms with Gasteiger partial charge in [-0.2, -0.15) is 0 Å². The highest BCUT2D eigenvalue weighted by atomic mass is 32.1. The third-order valence-electron chi connectivity index (χ3n) is 1.38. The Hall–Kier alpha value is -1.49. The van der Waals surface area contributed by atoms with Crippen LogP contribution in [0.4, 0.5) is 0 Å². The van der Waals surface area contributed by atoms with Crippen LogP contribution < -0.4 is 0 Å². The molecule has 0 unspecified atom stereocenters. The average Bonchev–Trinajstić information content (AvgIpc) is 2.47. The second kappa shape index (κ2) is 3.95. The molecular formula is C8H7NO3S. The van der Waals surface area contributed by atoms with E-state index in [1.165, 1.54) is 17.4 Å². The Balaban J connectivity index is 2.75. The first-order valence-electron chi connectivity index (χ1n) is 3.46. The van der Waals surface area contributed by atoms with Gasteiger partial charge < -0.3 is 5.11 Å².